The predicted octanol–water partition coefficient (Wildman–Crippen LogP) is 2.75. The van der Waals surface area contributed by atoms with Gasteiger partial charge in [0, 0.05) is 32.2 Å². The van der Waals surface area contributed by atoms with Crippen LogP contribution >= 0.6 is 22.9 Å². The van der Waals surface area contributed by atoms with Gasteiger partial charge in [-0.3, -0.25) is 4.99 Å². The first-order valence-corrected chi connectivity index (χ1v) is 8.27. The summed E-state index contributed by atoms with van der Waals surface area (Å²) in [4.78, 5) is 14.9. The number of aromatic nitrogens is 2. The minimum Gasteiger partial charge on any atom is -0.356 e. The Hall–Kier alpha value is -1.66. The summed E-state index contributed by atoms with van der Waals surface area (Å²) >= 11 is 7.45. The molecule has 2 heterocycles. The molecule has 0 fully saturated rings. The van der Waals surface area contributed by atoms with Crippen LogP contribution in [-0.2, 0) is 13.0 Å². The maximum absolute atomic E-state index is 5.78. The van der Waals surface area contributed by atoms with Crippen molar-refractivity contribution in [2.75, 3.05) is 20.6 Å². The van der Waals surface area contributed by atoms with Crippen molar-refractivity contribution in [3.8, 4) is 0 Å². The number of guanidine groups is 1. The first-order chi connectivity index (χ1) is 10.6. The normalized spacial score (nSPS) is 11.5. The molecule has 0 amide bonds. The highest BCUT2D eigenvalue weighted by Crippen LogP contribution is 2.10. The fourth-order valence-corrected chi connectivity index (χ4v) is 2.77. The lowest BCUT2D eigenvalue weighted by atomic mass is 10.2. The number of nitrogens with one attached hydrogen (secondary N) is 1. The Kier molecular flexibility index (Phi) is 6.15. The van der Waals surface area contributed by atoms with Gasteiger partial charge < -0.3 is 10.2 Å². The third-order valence-electron chi connectivity index (χ3n) is 3.12. The van der Waals surface area contributed by atoms with E-state index in [9.17, 15) is 0 Å². The second kappa shape index (κ2) is 8.10. The Morgan fingerprint density at radius 2 is 2.27 bits per heavy atom. The fraction of sp³-hybridized carbons (Fsp3) is 0.400. The summed E-state index contributed by atoms with van der Waals surface area (Å²) in [5, 5.41) is 7.04. The maximum atomic E-state index is 5.78. The quantitative estimate of drug-likeness (QED) is 0.518. The summed E-state index contributed by atoms with van der Waals surface area (Å²) in [5.41, 5.74) is 2.21. The fourth-order valence-electron chi connectivity index (χ4n) is 2.06. The minimum absolute atomic E-state index is 0.519. The van der Waals surface area contributed by atoms with E-state index in [1.54, 1.807) is 24.6 Å². The van der Waals surface area contributed by atoms with Gasteiger partial charge in [-0.1, -0.05) is 17.7 Å². The monoisotopic (exact) mass is 337 g/mol. The van der Waals surface area contributed by atoms with Crippen LogP contribution < -0.4 is 5.32 Å². The standard InChI is InChI=1S/C15H20ClN5S/c1-11-20-13(10-22-11)9-21(3)15(17-2)18-7-6-12-4-5-14(16)19-8-12/h4-5,8,10H,6-7,9H2,1-3H3,(H,17,18). The molecule has 0 aromatic carbocycles. The lowest BCUT2D eigenvalue weighted by Crippen LogP contribution is -2.39. The van der Waals surface area contributed by atoms with E-state index in [2.05, 4.69) is 30.6 Å². The Balaban J connectivity index is 1.82. The van der Waals surface area contributed by atoms with Gasteiger partial charge in [0.05, 0.1) is 17.2 Å². The van der Waals surface area contributed by atoms with Crippen LogP contribution in [0.2, 0.25) is 5.15 Å². The van der Waals surface area contributed by atoms with Gasteiger partial charge in [0.1, 0.15) is 5.15 Å². The molecule has 0 radical (unpaired) electrons. The SMILES string of the molecule is CN=C(NCCc1ccc(Cl)nc1)N(C)Cc1csc(C)n1. The number of hydrogen-bond donors (Lipinski definition) is 1. The molecular weight excluding hydrogens is 318 g/mol. The average molecular weight is 338 g/mol. The van der Waals surface area contributed by atoms with Crippen LogP contribution in [0.1, 0.15) is 16.3 Å². The molecule has 5 nitrogen and oxygen atoms in total. The van der Waals surface area contributed by atoms with Crippen molar-refractivity contribution in [2.45, 2.75) is 19.9 Å². The molecule has 7 heteroatoms. The molecule has 22 heavy (non-hydrogen) atoms. The van der Waals surface area contributed by atoms with Crippen LogP contribution in [0.25, 0.3) is 0 Å². The lowest BCUT2D eigenvalue weighted by molar-refractivity contribution is 0.471. The predicted molar refractivity (Wildman–Crippen MR) is 92.6 cm³/mol. The van der Waals surface area contributed by atoms with Crippen molar-refractivity contribution in [3.63, 3.8) is 0 Å². The molecule has 2 aromatic heterocycles. The number of rotatable bonds is 5. The molecule has 0 spiro atoms. The zero-order valence-corrected chi connectivity index (χ0v) is 14.6. The highest BCUT2D eigenvalue weighted by molar-refractivity contribution is 7.09. The Morgan fingerprint density at radius 3 is 2.86 bits per heavy atom. The van der Waals surface area contributed by atoms with E-state index in [4.69, 9.17) is 11.6 Å². The largest absolute Gasteiger partial charge is 0.356 e. The summed E-state index contributed by atoms with van der Waals surface area (Å²) < 4.78 is 0. The molecule has 0 aliphatic carbocycles. The van der Waals surface area contributed by atoms with E-state index >= 15 is 0 Å². The van der Waals surface area contributed by atoms with Gasteiger partial charge in [0.25, 0.3) is 0 Å². The van der Waals surface area contributed by atoms with Crippen LogP contribution in [0.4, 0.5) is 0 Å². The highest BCUT2D eigenvalue weighted by atomic mass is 35.5. The molecule has 0 aliphatic rings. The Labute approximate surface area is 140 Å². The van der Waals surface area contributed by atoms with Crippen LogP contribution in [-0.4, -0.2) is 41.5 Å². The molecule has 0 saturated carbocycles. The lowest BCUT2D eigenvalue weighted by Gasteiger charge is -2.21. The van der Waals surface area contributed by atoms with Crippen molar-refractivity contribution in [1.29, 1.82) is 0 Å². The Bertz CT molecular complexity index is 623. The number of pyridine rings is 1. The number of aryl methyl sites for hydroxylation is 1. The molecule has 118 valence electrons. The van der Waals surface area contributed by atoms with E-state index in [0.29, 0.717) is 5.15 Å². The van der Waals surface area contributed by atoms with Gasteiger partial charge in [-0.2, -0.15) is 0 Å². The van der Waals surface area contributed by atoms with E-state index < -0.39 is 0 Å². The molecule has 2 rings (SSSR count). The highest BCUT2D eigenvalue weighted by Gasteiger charge is 2.08. The number of thiazole rings is 1. The second-order valence-electron chi connectivity index (χ2n) is 4.93. The third-order valence-corrected chi connectivity index (χ3v) is 4.17. The van der Waals surface area contributed by atoms with E-state index in [1.807, 2.05) is 26.1 Å². The Morgan fingerprint density at radius 1 is 1.45 bits per heavy atom. The van der Waals surface area contributed by atoms with Crippen molar-refractivity contribution in [1.82, 2.24) is 20.2 Å². The maximum Gasteiger partial charge on any atom is 0.193 e. The van der Waals surface area contributed by atoms with E-state index in [0.717, 1.165) is 41.7 Å². The topological polar surface area (TPSA) is 53.4 Å². The summed E-state index contributed by atoms with van der Waals surface area (Å²) in [6.45, 7) is 3.55. The van der Waals surface area contributed by atoms with Crippen molar-refractivity contribution in [2.24, 2.45) is 4.99 Å². The molecular formula is C15H20ClN5S. The van der Waals surface area contributed by atoms with Gasteiger partial charge in [0.15, 0.2) is 5.96 Å². The van der Waals surface area contributed by atoms with Crippen molar-refractivity contribution >= 4 is 28.9 Å². The summed E-state index contributed by atoms with van der Waals surface area (Å²) in [5.74, 6) is 0.854. The molecule has 2 aromatic rings. The second-order valence-corrected chi connectivity index (χ2v) is 6.38. The molecule has 0 saturated heterocycles. The van der Waals surface area contributed by atoms with Crippen molar-refractivity contribution < 1.29 is 0 Å². The minimum atomic E-state index is 0.519. The molecule has 0 unspecified atom stereocenters. The molecule has 0 aliphatic heterocycles. The van der Waals surface area contributed by atoms with Crippen LogP contribution in [0.3, 0.4) is 0 Å². The van der Waals surface area contributed by atoms with Crippen LogP contribution in [0, 0.1) is 6.92 Å². The van der Waals surface area contributed by atoms with Crippen molar-refractivity contribution in [3.05, 3.63) is 45.1 Å². The van der Waals surface area contributed by atoms with Gasteiger partial charge in [-0.15, -0.1) is 11.3 Å². The first kappa shape index (κ1) is 16.7. The average Bonchev–Trinajstić information content (AvgIpc) is 2.90. The van der Waals surface area contributed by atoms with Gasteiger partial charge >= 0.3 is 0 Å². The molecule has 0 atom stereocenters. The number of nitrogens with zero attached hydrogens (tertiary/aromatic N) is 4. The smallest absolute Gasteiger partial charge is 0.193 e. The third kappa shape index (κ3) is 4.96. The first-order valence-electron chi connectivity index (χ1n) is 7.01. The zero-order valence-electron chi connectivity index (χ0n) is 13.0. The zero-order chi connectivity index (χ0) is 15.9. The summed E-state index contributed by atoms with van der Waals surface area (Å²) in [6, 6.07) is 3.80. The summed E-state index contributed by atoms with van der Waals surface area (Å²) in [6.07, 6.45) is 2.67. The number of halogens is 1. The molecule has 0 bridgehead atoms. The van der Waals surface area contributed by atoms with Crippen LogP contribution in [0.15, 0.2) is 28.7 Å². The van der Waals surface area contributed by atoms with E-state index in [-0.39, 0.29) is 0 Å². The van der Waals surface area contributed by atoms with E-state index in [1.165, 1.54) is 0 Å². The number of aliphatic imine (C=N–C) groups is 1. The van der Waals surface area contributed by atoms with Gasteiger partial charge in [0.2, 0.25) is 0 Å². The molecule has 1 N–H and O–H groups in total. The van der Waals surface area contributed by atoms with Gasteiger partial charge in [-0.05, 0) is 25.0 Å². The number of hydrogen-bond acceptors (Lipinski definition) is 4. The van der Waals surface area contributed by atoms with Crippen LogP contribution in [0.5, 0.6) is 0 Å². The summed E-state index contributed by atoms with van der Waals surface area (Å²) in [7, 11) is 3.79. The van der Waals surface area contributed by atoms with Gasteiger partial charge in [-0.25, -0.2) is 9.97 Å².